The van der Waals surface area contributed by atoms with Gasteiger partial charge in [-0.15, -0.1) is 0 Å². The molecule has 1 aromatic rings. The van der Waals surface area contributed by atoms with E-state index in [1.165, 1.54) is 43.2 Å². The predicted molar refractivity (Wildman–Crippen MR) is 140 cm³/mol. The van der Waals surface area contributed by atoms with Gasteiger partial charge in [-0.2, -0.15) is 0 Å². The summed E-state index contributed by atoms with van der Waals surface area (Å²) >= 11 is 0. The Kier molecular flexibility index (Phi) is 10.8. The van der Waals surface area contributed by atoms with Crippen molar-refractivity contribution in [1.82, 2.24) is 10.2 Å². The fourth-order valence-electron chi connectivity index (χ4n) is 4.74. The lowest BCUT2D eigenvalue weighted by Crippen LogP contribution is -2.52. The molecule has 32 heavy (non-hydrogen) atoms. The zero-order valence-corrected chi connectivity index (χ0v) is 20.9. The maximum absolute atomic E-state index is 5.82. The molecule has 0 atom stereocenters. The summed E-state index contributed by atoms with van der Waals surface area (Å²) in [6.07, 6.45) is 20.7. The molecule has 0 spiro atoms. The monoisotopic (exact) mass is 436 g/mol. The Hall–Kier alpha value is -2.26. The molecular formula is C29H44N2O. The molecule has 1 N–H and O–H groups in total. The SMILES string of the molecule is C=C/C=C\C=C/CCCc1c(CC)cc(C(=C)NCC2(N(C)C)CCCCC2)cc1OC. The summed E-state index contributed by atoms with van der Waals surface area (Å²) in [7, 11) is 6.21. The molecule has 1 aromatic carbocycles. The third-order valence-electron chi connectivity index (χ3n) is 6.91. The van der Waals surface area contributed by atoms with Crippen molar-refractivity contribution in [2.45, 2.75) is 70.3 Å². The van der Waals surface area contributed by atoms with Gasteiger partial charge in [0.2, 0.25) is 0 Å². The van der Waals surface area contributed by atoms with Gasteiger partial charge in [-0.1, -0.05) is 69.7 Å². The van der Waals surface area contributed by atoms with Gasteiger partial charge in [0.05, 0.1) is 7.11 Å². The van der Waals surface area contributed by atoms with E-state index in [2.05, 4.69) is 68.7 Å². The lowest BCUT2D eigenvalue weighted by molar-refractivity contribution is 0.103. The molecule has 3 heteroatoms. The van der Waals surface area contributed by atoms with E-state index < -0.39 is 0 Å². The Bertz CT molecular complexity index is 772. The number of nitrogens with one attached hydrogen (secondary N) is 1. The minimum Gasteiger partial charge on any atom is -0.496 e. The Morgan fingerprint density at radius 2 is 1.91 bits per heavy atom. The van der Waals surface area contributed by atoms with Crippen molar-refractivity contribution in [3.8, 4) is 5.75 Å². The van der Waals surface area contributed by atoms with Gasteiger partial charge in [0, 0.05) is 23.3 Å². The van der Waals surface area contributed by atoms with Gasteiger partial charge in [0.15, 0.2) is 0 Å². The molecule has 0 saturated heterocycles. The molecule has 1 fully saturated rings. The first kappa shape index (κ1) is 26.0. The normalized spacial score (nSPS) is 16.0. The van der Waals surface area contributed by atoms with Crippen LogP contribution in [0.4, 0.5) is 0 Å². The van der Waals surface area contributed by atoms with E-state index in [1.54, 1.807) is 13.2 Å². The molecule has 0 bridgehead atoms. The second-order valence-electron chi connectivity index (χ2n) is 9.12. The summed E-state index contributed by atoms with van der Waals surface area (Å²) in [5.74, 6) is 0.984. The Morgan fingerprint density at radius 1 is 1.16 bits per heavy atom. The maximum Gasteiger partial charge on any atom is 0.122 e. The van der Waals surface area contributed by atoms with Crippen LogP contribution in [0.3, 0.4) is 0 Å². The number of rotatable bonds is 13. The molecule has 1 saturated carbocycles. The van der Waals surface area contributed by atoms with Crippen molar-refractivity contribution in [1.29, 1.82) is 0 Å². The fourth-order valence-corrected chi connectivity index (χ4v) is 4.74. The summed E-state index contributed by atoms with van der Waals surface area (Å²) in [6.45, 7) is 11.2. The first-order valence-corrected chi connectivity index (χ1v) is 12.2. The van der Waals surface area contributed by atoms with Crippen LogP contribution < -0.4 is 10.1 Å². The van der Waals surface area contributed by atoms with Crippen molar-refractivity contribution in [3.63, 3.8) is 0 Å². The topological polar surface area (TPSA) is 24.5 Å². The summed E-state index contributed by atoms with van der Waals surface area (Å²) in [4.78, 5) is 2.41. The van der Waals surface area contributed by atoms with Crippen molar-refractivity contribution in [3.05, 3.63) is 72.4 Å². The number of likely N-dealkylation sites (N-methyl/N-ethyl adjacent to an activating group) is 1. The van der Waals surface area contributed by atoms with Crippen LogP contribution in [-0.2, 0) is 12.8 Å². The van der Waals surface area contributed by atoms with Gasteiger partial charge < -0.3 is 15.0 Å². The number of allylic oxidation sites excluding steroid dienone is 5. The summed E-state index contributed by atoms with van der Waals surface area (Å²) < 4.78 is 5.82. The third-order valence-corrected chi connectivity index (χ3v) is 6.91. The summed E-state index contributed by atoms with van der Waals surface area (Å²) in [5.41, 5.74) is 5.05. The number of unbranched alkanes of at least 4 members (excludes halogenated alkanes) is 1. The lowest BCUT2D eigenvalue weighted by atomic mass is 9.80. The van der Waals surface area contributed by atoms with Crippen LogP contribution in [0.15, 0.2) is 55.7 Å². The number of methoxy groups -OCH3 is 1. The van der Waals surface area contributed by atoms with Gasteiger partial charge in [0.1, 0.15) is 5.75 Å². The quantitative estimate of drug-likeness (QED) is 0.275. The van der Waals surface area contributed by atoms with Crippen LogP contribution in [0.2, 0.25) is 0 Å². The van der Waals surface area contributed by atoms with Crippen molar-refractivity contribution in [2.75, 3.05) is 27.7 Å². The highest BCUT2D eigenvalue weighted by atomic mass is 16.5. The highest BCUT2D eigenvalue weighted by molar-refractivity contribution is 5.65. The van der Waals surface area contributed by atoms with Crippen LogP contribution in [0.25, 0.3) is 5.70 Å². The van der Waals surface area contributed by atoms with Gasteiger partial charge in [-0.25, -0.2) is 0 Å². The smallest absolute Gasteiger partial charge is 0.122 e. The maximum atomic E-state index is 5.82. The number of ether oxygens (including phenoxy) is 1. The van der Waals surface area contributed by atoms with Crippen molar-refractivity contribution < 1.29 is 4.74 Å². The van der Waals surface area contributed by atoms with Gasteiger partial charge in [-0.05, 0) is 75.9 Å². The van der Waals surface area contributed by atoms with Crippen LogP contribution in [0.1, 0.15) is 68.6 Å². The highest BCUT2D eigenvalue weighted by Gasteiger charge is 2.34. The molecule has 0 aromatic heterocycles. The molecule has 0 amide bonds. The first-order valence-electron chi connectivity index (χ1n) is 12.2. The second-order valence-corrected chi connectivity index (χ2v) is 9.12. The number of aryl methyl sites for hydroxylation is 1. The van der Waals surface area contributed by atoms with E-state index in [0.29, 0.717) is 0 Å². The second kappa shape index (κ2) is 13.3. The Balaban J connectivity index is 2.08. The zero-order chi connectivity index (χ0) is 23.4. The third kappa shape index (κ3) is 7.13. The largest absolute Gasteiger partial charge is 0.496 e. The molecule has 3 nitrogen and oxygen atoms in total. The summed E-state index contributed by atoms with van der Waals surface area (Å²) in [5, 5.41) is 3.68. The van der Waals surface area contributed by atoms with E-state index in [1.807, 2.05) is 12.2 Å². The van der Waals surface area contributed by atoms with E-state index in [-0.39, 0.29) is 5.54 Å². The van der Waals surface area contributed by atoms with E-state index >= 15 is 0 Å². The fraction of sp³-hybridized carbons (Fsp3) is 0.517. The summed E-state index contributed by atoms with van der Waals surface area (Å²) in [6, 6.07) is 4.47. The van der Waals surface area contributed by atoms with E-state index in [9.17, 15) is 0 Å². The highest BCUT2D eigenvalue weighted by Crippen LogP contribution is 2.33. The average Bonchev–Trinajstić information content (AvgIpc) is 2.82. The van der Waals surface area contributed by atoms with Crippen LogP contribution in [-0.4, -0.2) is 38.2 Å². The van der Waals surface area contributed by atoms with Crippen LogP contribution in [0.5, 0.6) is 5.75 Å². The molecule has 0 heterocycles. The standard InChI is InChI=1S/C29H44N2O/c1-7-9-10-11-12-13-15-18-27-25(8-2)21-26(22-28(27)32-6)24(3)30-23-29(31(4)5)19-16-14-17-20-29/h7,9-12,21-22,30H,1,3,8,13-20,23H2,2,4-6H3/b10-9-,12-11-. The van der Waals surface area contributed by atoms with Crippen LogP contribution in [0, 0.1) is 0 Å². The Labute approximate surface area is 196 Å². The molecule has 176 valence electrons. The van der Waals surface area contributed by atoms with Gasteiger partial charge in [0.25, 0.3) is 0 Å². The van der Waals surface area contributed by atoms with Crippen LogP contribution >= 0.6 is 0 Å². The molecular weight excluding hydrogens is 392 g/mol. The Morgan fingerprint density at radius 3 is 2.53 bits per heavy atom. The number of benzene rings is 1. The van der Waals surface area contributed by atoms with E-state index in [4.69, 9.17) is 4.74 Å². The van der Waals surface area contributed by atoms with Crippen molar-refractivity contribution in [2.24, 2.45) is 0 Å². The van der Waals surface area contributed by atoms with E-state index in [0.717, 1.165) is 49.2 Å². The minimum absolute atomic E-state index is 0.229. The first-order chi connectivity index (χ1) is 15.5. The number of hydrogen-bond donors (Lipinski definition) is 1. The molecule has 2 rings (SSSR count). The average molecular weight is 437 g/mol. The van der Waals surface area contributed by atoms with Crippen molar-refractivity contribution >= 4 is 5.70 Å². The number of hydrogen-bond acceptors (Lipinski definition) is 3. The molecule has 0 unspecified atom stereocenters. The predicted octanol–water partition coefficient (Wildman–Crippen LogP) is 6.70. The van der Waals surface area contributed by atoms with Gasteiger partial charge >= 0.3 is 0 Å². The molecule has 0 aliphatic heterocycles. The minimum atomic E-state index is 0.229. The number of nitrogens with zero attached hydrogens (tertiary/aromatic N) is 1. The molecule has 1 aliphatic rings. The lowest BCUT2D eigenvalue weighted by Gasteiger charge is -2.43. The van der Waals surface area contributed by atoms with Gasteiger partial charge in [-0.3, -0.25) is 0 Å². The molecule has 0 radical (unpaired) electrons. The molecule has 1 aliphatic carbocycles. The zero-order valence-electron chi connectivity index (χ0n) is 20.9.